The van der Waals surface area contributed by atoms with Gasteiger partial charge in [-0.2, -0.15) is 10.2 Å². The molecule has 0 saturated heterocycles. The van der Waals surface area contributed by atoms with Crippen LogP contribution in [0.1, 0.15) is 52.9 Å². The van der Waals surface area contributed by atoms with Crippen molar-refractivity contribution in [1.82, 2.24) is 10.6 Å². The number of hydrogen-bond acceptors (Lipinski definition) is 3. The Morgan fingerprint density at radius 2 is 1.95 bits per heavy atom. The van der Waals surface area contributed by atoms with Crippen molar-refractivity contribution in [3.05, 3.63) is 12.7 Å². The first kappa shape index (κ1) is 16.1. The van der Waals surface area contributed by atoms with Gasteiger partial charge in [0.05, 0.1) is 5.54 Å². The van der Waals surface area contributed by atoms with E-state index >= 15 is 0 Å². The van der Waals surface area contributed by atoms with E-state index in [1.165, 1.54) is 19.3 Å². The molecular formula is C14H26N4S. The van der Waals surface area contributed by atoms with Crippen LogP contribution in [-0.4, -0.2) is 22.9 Å². The molecule has 0 spiro atoms. The molecule has 1 rings (SSSR count). The van der Waals surface area contributed by atoms with E-state index in [-0.39, 0.29) is 11.2 Å². The fourth-order valence-corrected chi connectivity index (χ4v) is 2.33. The zero-order chi connectivity index (χ0) is 14.4. The molecule has 19 heavy (non-hydrogen) atoms. The number of rotatable bonds is 4. The van der Waals surface area contributed by atoms with Crippen LogP contribution in [-0.2, 0) is 0 Å². The average molecular weight is 282 g/mol. The van der Waals surface area contributed by atoms with Crippen molar-refractivity contribution in [3.63, 3.8) is 0 Å². The summed E-state index contributed by atoms with van der Waals surface area (Å²) in [5, 5.41) is 16.1. The third-order valence-electron chi connectivity index (χ3n) is 2.98. The number of nitrogens with zero attached hydrogens (tertiary/aromatic N) is 2. The summed E-state index contributed by atoms with van der Waals surface area (Å²) in [5.41, 5.74) is -0.473. The van der Waals surface area contributed by atoms with Crippen molar-refractivity contribution in [2.45, 2.75) is 64.1 Å². The van der Waals surface area contributed by atoms with Gasteiger partial charge in [-0.05, 0) is 58.7 Å². The Hall–Kier alpha value is -0.970. The van der Waals surface area contributed by atoms with E-state index in [0.29, 0.717) is 11.7 Å². The van der Waals surface area contributed by atoms with Gasteiger partial charge in [-0.3, -0.25) is 0 Å². The Morgan fingerprint density at radius 3 is 2.47 bits per heavy atom. The lowest BCUT2D eigenvalue weighted by molar-refractivity contribution is 0.255. The van der Waals surface area contributed by atoms with Crippen molar-refractivity contribution in [2.24, 2.45) is 10.2 Å². The quantitative estimate of drug-likeness (QED) is 0.471. The van der Waals surface area contributed by atoms with Crippen molar-refractivity contribution >= 4 is 17.3 Å². The topological polar surface area (TPSA) is 48.8 Å². The first-order valence-electron chi connectivity index (χ1n) is 6.98. The van der Waals surface area contributed by atoms with Gasteiger partial charge in [-0.15, -0.1) is 6.58 Å². The largest absolute Gasteiger partial charge is 0.359 e. The Bertz CT molecular complexity index is 338. The van der Waals surface area contributed by atoms with Crippen molar-refractivity contribution < 1.29 is 0 Å². The summed E-state index contributed by atoms with van der Waals surface area (Å²) >= 11 is 5.31. The maximum absolute atomic E-state index is 5.31. The zero-order valence-corrected chi connectivity index (χ0v) is 13.1. The predicted octanol–water partition coefficient (Wildman–Crippen LogP) is 3.55. The summed E-state index contributed by atoms with van der Waals surface area (Å²) in [6.45, 7) is 10.5. The molecule has 0 aromatic rings. The second kappa shape index (κ2) is 6.98. The van der Waals surface area contributed by atoms with Gasteiger partial charge in [-0.25, -0.2) is 0 Å². The average Bonchev–Trinajstić information content (AvgIpc) is 2.34. The van der Waals surface area contributed by atoms with Gasteiger partial charge in [0.1, 0.15) is 0 Å². The minimum atomic E-state index is -0.323. The monoisotopic (exact) mass is 282 g/mol. The van der Waals surface area contributed by atoms with E-state index in [9.17, 15) is 0 Å². The highest BCUT2D eigenvalue weighted by Gasteiger charge is 2.33. The Labute approximate surface area is 122 Å². The third-order valence-corrected chi connectivity index (χ3v) is 3.22. The summed E-state index contributed by atoms with van der Waals surface area (Å²) < 4.78 is 0. The first-order valence-corrected chi connectivity index (χ1v) is 7.39. The third kappa shape index (κ3) is 6.14. The lowest BCUT2D eigenvalue weighted by Gasteiger charge is -2.35. The molecule has 2 N–H and O–H groups in total. The SMILES string of the molecule is C=CCNC(=S)NC1(/N=N/C(C)(C)C)CCCCC1. The summed E-state index contributed by atoms with van der Waals surface area (Å²) in [6.07, 6.45) is 7.37. The molecule has 1 aliphatic rings. The van der Waals surface area contributed by atoms with Crippen LogP contribution in [0, 0.1) is 0 Å². The molecule has 1 saturated carbocycles. The molecule has 0 aromatic heterocycles. The molecule has 0 aromatic carbocycles. The molecule has 0 atom stereocenters. The molecule has 4 nitrogen and oxygen atoms in total. The van der Waals surface area contributed by atoms with Crippen LogP contribution < -0.4 is 10.6 Å². The molecule has 0 bridgehead atoms. The highest BCUT2D eigenvalue weighted by molar-refractivity contribution is 7.80. The van der Waals surface area contributed by atoms with Gasteiger partial charge in [-0.1, -0.05) is 12.5 Å². The van der Waals surface area contributed by atoms with Gasteiger partial charge in [0.15, 0.2) is 10.8 Å². The fraction of sp³-hybridized carbons (Fsp3) is 0.786. The van der Waals surface area contributed by atoms with E-state index in [0.717, 1.165) is 12.8 Å². The molecule has 0 amide bonds. The van der Waals surface area contributed by atoms with Gasteiger partial charge in [0.2, 0.25) is 0 Å². The first-order chi connectivity index (χ1) is 8.87. The van der Waals surface area contributed by atoms with Crippen molar-refractivity contribution in [1.29, 1.82) is 0 Å². The van der Waals surface area contributed by atoms with Crippen LogP contribution in [0.25, 0.3) is 0 Å². The Balaban J connectivity index is 2.72. The maximum atomic E-state index is 5.31. The predicted molar refractivity (Wildman–Crippen MR) is 84.4 cm³/mol. The number of thiocarbonyl (C=S) groups is 1. The molecule has 1 fully saturated rings. The molecule has 108 valence electrons. The van der Waals surface area contributed by atoms with Gasteiger partial charge >= 0.3 is 0 Å². The highest BCUT2D eigenvalue weighted by atomic mass is 32.1. The number of nitrogens with one attached hydrogen (secondary N) is 2. The second-order valence-electron chi connectivity index (χ2n) is 6.09. The molecule has 0 aliphatic heterocycles. The Morgan fingerprint density at radius 1 is 1.32 bits per heavy atom. The van der Waals surface area contributed by atoms with E-state index < -0.39 is 0 Å². The Kier molecular flexibility index (Phi) is 5.91. The molecular weight excluding hydrogens is 256 g/mol. The van der Waals surface area contributed by atoms with Crippen LogP contribution in [0.15, 0.2) is 22.9 Å². The minimum absolute atomic E-state index is 0.151. The standard InChI is InChI=1S/C14H26N4S/c1-5-11-15-12(19)16-14(9-7-6-8-10-14)18-17-13(2,3)4/h5H,1,6-11H2,2-4H3,(H2,15,16,19)/b18-17+. The minimum Gasteiger partial charge on any atom is -0.359 e. The van der Waals surface area contributed by atoms with Gasteiger partial charge < -0.3 is 10.6 Å². The zero-order valence-electron chi connectivity index (χ0n) is 12.3. The van der Waals surface area contributed by atoms with E-state index in [1.54, 1.807) is 6.08 Å². The number of azo groups is 1. The van der Waals surface area contributed by atoms with Crippen LogP contribution in [0.5, 0.6) is 0 Å². The van der Waals surface area contributed by atoms with Gasteiger partial charge in [0, 0.05) is 6.54 Å². The second-order valence-corrected chi connectivity index (χ2v) is 6.50. The highest BCUT2D eigenvalue weighted by Crippen LogP contribution is 2.30. The van der Waals surface area contributed by atoms with Crippen LogP contribution in [0.3, 0.4) is 0 Å². The number of hydrogen-bond donors (Lipinski definition) is 2. The lowest BCUT2D eigenvalue weighted by Crippen LogP contribution is -2.51. The summed E-state index contributed by atoms with van der Waals surface area (Å²) in [5.74, 6) is 0. The van der Waals surface area contributed by atoms with Crippen molar-refractivity contribution in [2.75, 3.05) is 6.54 Å². The van der Waals surface area contributed by atoms with E-state index in [1.807, 2.05) is 0 Å². The molecule has 0 radical (unpaired) electrons. The maximum Gasteiger partial charge on any atom is 0.168 e. The molecule has 0 heterocycles. The van der Waals surface area contributed by atoms with Crippen LogP contribution in [0.2, 0.25) is 0 Å². The fourth-order valence-electron chi connectivity index (χ4n) is 2.05. The molecule has 5 heteroatoms. The van der Waals surface area contributed by atoms with Gasteiger partial charge in [0.25, 0.3) is 0 Å². The van der Waals surface area contributed by atoms with Crippen molar-refractivity contribution in [3.8, 4) is 0 Å². The normalized spacial score (nSPS) is 19.1. The molecule has 1 aliphatic carbocycles. The summed E-state index contributed by atoms with van der Waals surface area (Å²) in [4.78, 5) is 0. The van der Waals surface area contributed by atoms with E-state index in [2.05, 4.69) is 48.2 Å². The summed E-state index contributed by atoms with van der Waals surface area (Å²) in [7, 11) is 0. The van der Waals surface area contributed by atoms with E-state index in [4.69, 9.17) is 12.2 Å². The summed E-state index contributed by atoms with van der Waals surface area (Å²) in [6, 6.07) is 0. The lowest BCUT2D eigenvalue weighted by atomic mass is 9.89. The molecule has 0 unspecified atom stereocenters. The van der Waals surface area contributed by atoms with Crippen LogP contribution >= 0.6 is 12.2 Å². The van der Waals surface area contributed by atoms with Crippen LogP contribution in [0.4, 0.5) is 0 Å². The smallest absolute Gasteiger partial charge is 0.168 e.